The van der Waals surface area contributed by atoms with Gasteiger partial charge in [0.2, 0.25) is 0 Å². The van der Waals surface area contributed by atoms with Gasteiger partial charge in [-0.05, 0) is 37.0 Å². The fraction of sp³-hybridized carbons (Fsp3) is 0.360. The number of anilines is 1. The zero-order chi connectivity index (χ0) is 23.3. The van der Waals surface area contributed by atoms with E-state index in [9.17, 15) is 9.90 Å². The minimum absolute atomic E-state index is 0.0277. The fourth-order valence-corrected chi connectivity index (χ4v) is 4.96. The lowest BCUT2D eigenvalue weighted by Gasteiger charge is -2.22. The molecule has 0 aliphatic rings. The van der Waals surface area contributed by atoms with Crippen molar-refractivity contribution < 1.29 is 14.6 Å². The molecule has 0 fully saturated rings. The van der Waals surface area contributed by atoms with Crippen molar-refractivity contribution >= 4 is 34.0 Å². The highest BCUT2D eigenvalue weighted by Crippen LogP contribution is 2.37. The molecule has 3 aromatic rings. The lowest BCUT2D eigenvalue weighted by molar-refractivity contribution is -0.136. The molecular weight excluding hydrogens is 444 g/mol. The van der Waals surface area contributed by atoms with Gasteiger partial charge < -0.3 is 14.7 Å². The lowest BCUT2D eigenvalue weighted by atomic mass is 10.0. The largest absolute Gasteiger partial charge is 0.496 e. The normalized spacial score (nSPS) is 11.1. The number of carbonyl (C=O) groups is 1. The average molecular weight is 473 g/mol. The first-order chi connectivity index (χ1) is 15.3. The molecule has 0 amide bonds. The van der Waals surface area contributed by atoms with Crippen LogP contribution >= 0.6 is 22.9 Å². The van der Waals surface area contributed by atoms with E-state index < -0.39 is 5.97 Å². The fourth-order valence-electron chi connectivity index (χ4n) is 3.46. The van der Waals surface area contributed by atoms with Gasteiger partial charge in [-0.15, -0.1) is 11.3 Å². The first kappa shape index (κ1) is 24.1. The molecule has 1 N–H and O–H groups in total. The Morgan fingerprint density at radius 2 is 2.00 bits per heavy atom. The molecule has 32 heavy (non-hydrogen) atoms. The number of nitrogens with zero attached hydrogens (tertiary/aromatic N) is 2. The number of rotatable bonds is 10. The van der Waals surface area contributed by atoms with Gasteiger partial charge in [-0.25, -0.2) is 4.98 Å². The van der Waals surface area contributed by atoms with Crippen molar-refractivity contribution in [3.05, 3.63) is 63.5 Å². The van der Waals surface area contributed by atoms with E-state index in [-0.39, 0.29) is 6.42 Å². The van der Waals surface area contributed by atoms with Crippen molar-refractivity contribution in [3.63, 3.8) is 0 Å². The molecule has 1 heterocycles. The lowest BCUT2D eigenvalue weighted by Crippen LogP contribution is -2.25. The third-order valence-corrected chi connectivity index (χ3v) is 6.69. The smallest absolute Gasteiger partial charge is 0.305 e. The second-order valence-electron chi connectivity index (χ2n) is 8.21. The molecule has 0 spiro atoms. The molecule has 0 saturated heterocycles. The molecular formula is C25H29ClN2O3S. The molecule has 0 bridgehead atoms. The van der Waals surface area contributed by atoms with E-state index in [4.69, 9.17) is 21.3 Å². The molecule has 2 aromatic carbocycles. The number of hydrogen-bond donors (Lipinski definition) is 1. The summed E-state index contributed by atoms with van der Waals surface area (Å²) >= 11 is 8.03. The number of aliphatic carboxylic acids is 1. The molecule has 0 radical (unpaired) electrons. The number of thiazole rings is 1. The van der Waals surface area contributed by atoms with E-state index in [2.05, 4.69) is 13.8 Å². The van der Waals surface area contributed by atoms with Gasteiger partial charge in [-0.1, -0.05) is 55.8 Å². The van der Waals surface area contributed by atoms with Crippen LogP contribution in [0.5, 0.6) is 5.75 Å². The minimum atomic E-state index is -0.834. The Kier molecular flexibility index (Phi) is 8.15. The number of aromatic nitrogens is 1. The first-order valence-corrected chi connectivity index (χ1v) is 11.8. The van der Waals surface area contributed by atoms with Crippen molar-refractivity contribution in [2.24, 2.45) is 5.92 Å². The Morgan fingerprint density at radius 3 is 2.66 bits per heavy atom. The van der Waals surface area contributed by atoms with E-state index >= 15 is 0 Å². The van der Waals surface area contributed by atoms with Gasteiger partial charge in [0.15, 0.2) is 5.13 Å². The predicted molar refractivity (Wildman–Crippen MR) is 132 cm³/mol. The number of hydrogen-bond acceptors (Lipinski definition) is 5. The standard InChI is InChI=1S/C25H29ClN2O3S/c1-16(2)13-22-24(18-10-9-17(3)20(26)14-18)27-25(32-22)28(12-11-23(29)30)15-19-7-5-6-8-21(19)31-4/h5-10,14,16H,11-13,15H2,1-4H3,(H,29,30). The molecule has 5 nitrogen and oxygen atoms in total. The number of ether oxygens (including phenoxy) is 1. The topological polar surface area (TPSA) is 62.7 Å². The van der Waals surface area contributed by atoms with Crippen molar-refractivity contribution in [1.82, 2.24) is 4.98 Å². The van der Waals surface area contributed by atoms with E-state index in [1.54, 1.807) is 18.4 Å². The molecule has 3 rings (SSSR count). The summed E-state index contributed by atoms with van der Waals surface area (Å²) in [6, 6.07) is 13.8. The number of benzene rings is 2. The highest BCUT2D eigenvalue weighted by molar-refractivity contribution is 7.16. The summed E-state index contributed by atoms with van der Waals surface area (Å²) in [6.07, 6.45) is 0.917. The Labute approximate surface area is 198 Å². The zero-order valence-corrected chi connectivity index (χ0v) is 20.5. The molecule has 170 valence electrons. The maximum Gasteiger partial charge on any atom is 0.305 e. The summed E-state index contributed by atoms with van der Waals surface area (Å²) in [5, 5.41) is 10.8. The van der Waals surface area contributed by atoms with Gasteiger partial charge in [-0.3, -0.25) is 4.79 Å². The van der Waals surface area contributed by atoms with Gasteiger partial charge in [0, 0.05) is 34.1 Å². The van der Waals surface area contributed by atoms with Crippen LogP contribution in [0.4, 0.5) is 5.13 Å². The van der Waals surface area contributed by atoms with Gasteiger partial charge in [-0.2, -0.15) is 0 Å². The van der Waals surface area contributed by atoms with Gasteiger partial charge in [0.05, 0.1) is 19.2 Å². The van der Waals surface area contributed by atoms with E-state index in [0.717, 1.165) is 39.7 Å². The second kappa shape index (κ2) is 10.8. The van der Waals surface area contributed by atoms with Crippen LogP contribution in [-0.2, 0) is 17.8 Å². The minimum Gasteiger partial charge on any atom is -0.496 e. The summed E-state index contributed by atoms with van der Waals surface area (Å²) in [4.78, 5) is 19.5. The summed E-state index contributed by atoms with van der Waals surface area (Å²) in [6.45, 7) is 7.22. The molecule has 0 atom stereocenters. The third kappa shape index (κ3) is 6.02. The Hall–Kier alpha value is -2.57. The number of carboxylic acid groups (broad SMARTS) is 1. The maximum atomic E-state index is 11.3. The van der Waals surface area contributed by atoms with Crippen LogP contribution in [0, 0.1) is 12.8 Å². The molecule has 7 heteroatoms. The third-order valence-electron chi connectivity index (χ3n) is 5.14. The van der Waals surface area contributed by atoms with Crippen molar-refractivity contribution in [3.8, 4) is 17.0 Å². The van der Waals surface area contributed by atoms with Crippen molar-refractivity contribution in [2.75, 3.05) is 18.6 Å². The highest BCUT2D eigenvalue weighted by atomic mass is 35.5. The first-order valence-electron chi connectivity index (χ1n) is 10.6. The second-order valence-corrected chi connectivity index (χ2v) is 9.68. The highest BCUT2D eigenvalue weighted by Gasteiger charge is 2.21. The number of para-hydroxylation sites is 1. The number of carboxylic acids is 1. The van der Waals surface area contributed by atoms with Crippen LogP contribution in [0.1, 0.15) is 36.3 Å². The average Bonchev–Trinajstić information content (AvgIpc) is 3.16. The molecule has 0 aliphatic heterocycles. The summed E-state index contributed by atoms with van der Waals surface area (Å²) < 4.78 is 5.51. The zero-order valence-electron chi connectivity index (χ0n) is 18.9. The van der Waals surface area contributed by atoms with E-state index in [1.165, 1.54) is 4.88 Å². The Bertz CT molecular complexity index is 1080. The molecule has 0 unspecified atom stereocenters. The van der Waals surface area contributed by atoms with Crippen LogP contribution in [-0.4, -0.2) is 29.7 Å². The van der Waals surface area contributed by atoms with Crippen molar-refractivity contribution in [2.45, 2.75) is 40.2 Å². The maximum absolute atomic E-state index is 11.3. The number of aryl methyl sites for hydroxylation is 1. The van der Waals surface area contributed by atoms with Crippen LogP contribution in [0.2, 0.25) is 5.02 Å². The Balaban J connectivity index is 2.03. The van der Waals surface area contributed by atoms with Gasteiger partial charge >= 0.3 is 5.97 Å². The van der Waals surface area contributed by atoms with Crippen LogP contribution in [0.3, 0.4) is 0 Å². The molecule has 0 aliphatic carbocycles. The number of methoxy groups -OCH3 is 1. The van der Waals surface area contributed by atoms with Crippen LogP contribution in [0.25, 0.3) is 11.3 Å². The summed E-state index contributed by atoms with van der Waals surface area (Å²) in [5.41, 5.74) is 3.91. The SMILES string of the molecule is COc1ccccc1CN(CCC(=O)O)c1nc(-c2ccc(C)c(Cl)c2)c(CC(C)C)s1. The predicted octanol–water partition coefficient (Wildman–Crippen LogP) is 6.46. The number of halogens is 1. The monoisotopic (exact) mass is 472 g/mol. The van der Waals surface area contributed by atoms with E-state index in [0.29, 0.717) is 24.0 Å². The Morgan fingerprint density at radius 1 is 1.25 bits per heavy atom. The van der Waals surface area contributed by atoms with Gasteiger partial charge in [0.1, 0.15) is 5.75 Å². The quantitative estimate of drug-likeness (QED) is 0.367. The van der Waals surface area contributed by atoms with Crippen molar-refractivity contribution in [1.29, 1.82) is 0 Å². The van der Waals surface area contributed by atoms with E-state index in [1.807, 2.05) is 54.3 Å². The molecule has 0 saturated carbocycles. The summed E-state index contributed by atoms with van der Waals surface area (Å²) in [7, 11) is 1.64. The molecule has 1 aromatic heterocycles. The summed E-state index contributed by atoms with van der Waals surface area (Å²) in [5.74, 6) is 0.404. The van der Waals surface area contributed by atoms with Crippen LogP contribution in [0.15, 0.2) is 42.5 Å². The van der Waals surface area contributed by atoms with Gasteiger partial charge in [0.25, 0.3) is 0 Å². The van der Waals surface area contributed by atoms with Crippen LogP contribution < -0.4 is 9.64 Å².